The molecule has 1 aliphatic rings. The summed E-state index contributed by atoms with van der Waals surface area (Å²) < 4.78 is 0. The lowest BCUT2D eigenvalue weighted by molar-refractivity contribution is 0.0659. The third-order valence-corrected chi connectivity index (χ3v) is 3.79. The molecule has 0 bridgehead atoms. The zero-order valence-corrected chi connectivity index (χ0v) is 11.8. The quantitative estimate of drug-likeness (QED) is 0.858. The smallest absolute Gasteiger partial charge is 0.336 e. The van der Waals surface area contributed by atoms with Gasteiger partial charge in [0.15, 0.2) is 0 Å². The van der Waals surface area contributed by atoms with Crippen molar-refractivity contribution in [3.05, 3.63) is 34.4 Å². The van der Waals surface area contributed by atoms with Crippen molar-refractivity contribution in [3.8, 4) is 0 Å². The molecule has 1 amide bonds. The molecule has 2 rings (SSSR count). The zero-order chi connectivity index (χ0) is 14.9. The largest absolute Gasteiger partial charge is 0.478 e. The predicted octanol–water partition coefficient (Wildman–Crippen LogP) is 1.56. The van der Waals surface area contributed by atoms with Gasteiger partial charge in [0.05, 0.1) is 11.1 Å². The van der Waals surface area contributed by atoms with Crippen molar-refractivity contribution >= 4 is 11.9 Å². The molecule has 1 aromatic rings. The molecule has 3 N–H and O–H groups in total. The van der Waals surface area contributed by atoms with Crippen molar-refractivity contribution in [2.75, 3.05) is 13.1 Å². The number of aryl methyl sites for hydroxylation is 2. The Balaban J connectivity index is 2.43. The van der Waals surface area contributed by atoms with Gasteiger partial charge in [0.25, 0.3) is 5.91 Å². The average molecular weight is 276 g/mol. The molecule has 1 heterocycles. The SMILES string of the molecule is Cc1ccc(C)c(C(=O)N2CCCC(N)C2)c1C(=O)O. The van der Waals surface area contributed by atoms with Crippen molar-refractivity contribution in [1.82, 2.24) is 4.90 Å². The number of carboxylic acid groups (broad SMARTS) is 1. The van der Waals surface area contributed by atoms with Crippen molar-refractivity contribution in [1.29, 1.82) is 0 Å². The van der Waals surface area contributed by atoms with E-state index in [2.05, 4.69) is 0 Å². The van der Waals surface area contributed by atoms with Crippen molar-refractivity contribution in [3.63, 3.8) is 0 Å². The Labute approximate surface area is 118 Å². The number of rotatable bonds is 2. The highest BCUT2D eigenvalue weighted by Crippen LogP contribution is 2.22. The number of hydrogen-bond donors (Lipinski definition) is 2. The van der Waals surface area contributed by atoms with Crippen molar-refractivity contribution in [2.45, 2.75) is 32.7 Å². The number of carbonyl (C=O) groups excluding carboxylic acids is 1. The summed E-state index contributed by atoms with van der Waals surface area (Å²) in [6.45, 7) is 4.61. The second-order valence-electron chi connectivity index (χ2n) is 5.41. The van der Waals surface area contributed by atoms with Gasteiger partial charge in [-0.2, -0.15) is 0 Å². The van der Waals surface area contributed by atoms with Crippen LogP contribution in [0.1, 0.15) is 44.7 Å². The van der Waals surface area contributed by atoms with E-state index in [1.807, 2.05) is 0 Å². The summed E-state index contributed by atoms with van der Waals surface area (Å²) in [6.07, 6.45) is 1.77. The molecule has 0 spiro atoms. The lowest BCUT2D eigenvalue weighted by Gasteiger charge is -2.31. The third-order valence-electron chi connectivity index (χ3n) is 3.79. The Morgan fingerprint density at radius 3 is 2.40 bits per heavy atom. The summed E-state index contributed by atoms with van der Waals surface area (Å²) in [6, 6.07) is 3.50. The number of amides is 1. The molecular formula is C15H20N2O3. The first-order chi connectivity index (χ1) is 9.41. The van der Waals surface area contributed by atoms with E-state index in [0.29, 0.717) is 29.8 Å². The summed E-state index contributed by atoms with van der Waals surface area (Å²) >= 11 is 0. The van der Waals surface area contributed by atoms with Crippen molar-refractivity contribution < 1.29 is 14.7 Å². The van der Waals surface area contributed by atoms with Crippen LogP contribution in [-0.4, -0.2) is 41.0 Å². The van der Waals surface area contributed by atoms with Crippen LogP contribution in [0.2, 0.25) is 0 Å². The topological polar surface area (TPSA) is 83.6 Å². The Bertz CT molecular complexity index is 554. The van der Waals surface area contributed by atoms with Crippen LogP contribution in [0.5, 0.6) is 0 Å². The normalized spacial score (nSPS) is 18.9. The van der Waals surface area contributed by atoms with Gasteiger partial charge in [-0.1, -0.05) is 12.1 Å². The number of aromatic carboxylic acids is 1. The number of likely N-dealkylation sites (tertiary alicyclic amines) is 1. The van der Waals surface area contributed by atoms with Crippen molar-refractivity contribution in [2.24, 2.45) is 5.73 Å². The highest BCUT2D eigenvalue weighted by molar-refractivity contribution is 6.06. The van der Waals surface area contributed by atoms with Gasteiger partial charge < -0.3 is 15.7 Å². The lowest BCUT2D eigenvalue weighted by Crippen LogP contribution is -2.46. The first-order valence-electron chi connectivity index (χ1n) is 6.80. The van der Waals surface area contributed by atoms with Crippen LogP contribution in [-0.2, 0) is 0 Å². The zero-order valence-electron chi connectivity index (χ0n) is 11.8. The van der Waals surface area contributed by atoms with Gasteiger partial charge in [-0.05, 0) is 37.8 Å². The lowest BCUT2D eigenvalue weighted by atomic mass is 9.95. The van der Waals surface area contributed by atoms with Crippen LogP contribution in [0.25, 0.3) is 0 Å². The minimum absolute atomic E-state index is 0.0221. The molecule has 0 saturated carbocycles. The van der Waals surface area contributed by atoms with E-state index in [1.54, 1.807) is 30.9 Å². The van der Waals surface area contributed by atoms with Gasteiger partial charge in [-0.3, -0.25) is 4.79 Å². The first kappa shape index (κ1) is 14.5. The molecule has 1 unspecified atom stereocenters. The molecular weight excluding hydrogens is 256 g/mol. The van der Waals surface area contributed by atoms with Gasteiger partial charge >= 0.3 is 5.97 Å². The summed E-state index contributed by atoms with van der Waals surface area (Å²) in [5.41, 5.74) is 7.60. The summed E-state index contributed by atoms with van der Waals surface area (Å²) in [5.74, 6) is -1.28. The standard InChI is InChI=1S/C15H20N2O3/c1-9-5-6-10(2)13(15(19)20)12(9)14(18)17-7-3-4-11(16)8-17/h5-6,11H,3-4,7-8,16H2,1-2H3,(H,19,20). The van der Waals surface area contributed by atoms with E-state index >= 15 is 0 Å². The number of hydrogen-bond acceptors (Lipinski definition) is 3. The summed E-state index contributed by atoms with van der Waals surface area (Å²) in [5, 5.41) is 9.37. The van der Waals surface area contributed by atoms with Gasteiger partial charge in [0.1, 0.15) is 0 Å². The number of piperidine rings is 1. The summed E-state index contributed by atoms with van der Waals surface area (Å²) in [7, 11) is 0. The van der Waals surface area contributed by atoms with Crippen LogP contribution in [0.3, 0.4) is 0 Å². The molecule has 0 aromatic heterocycles. The van der Waals surface area contributed by atoms with E-state index in [1.165, 1.54) is 0 Å². The minimum atomic E-state index is -1.06. The Morgan fingerprint density at radius 2 is 1.85 bits per heavy atom. The van der Waals surface area contributed by atoms with Crippen LogP contribution in [0.15, 0.2) is 12.1 Å². The molecule has 20 heavy (non-hydrogen) atoms. The number of carbonyl (C=O) groups is 2. The number of nitrogens with zero attached hydrogens (tertiary/aromatic N) is 1. The highest BCUT2D eigenvalue weighted by Gasteiger charge is 2.28. The van der Waals surface area contributed by atoms with Crippen LogP contribution in [0.4, 0.5) is 0 Å². The highest BCUT2D eigenvalue weighted by atomic mass is 16.4. The third kappa shape index (κ3) is 2.67. The maximum Gasteiger partial charge on any atom is 0.336 e. The minimum Gasteiger partial charge on any atom is -0.478 e. The fourth-order valence-electron chi connectivity index (χ4n) is 2.71. The molecule has 1 fully saturated rings. The maximum atomic E-state index is 12.7. The van der Waals surface area contributed by atoms with E-state index in [9.17, 15) is 14.7 Å². The van der Waals surface area contributed by atoms with Crippen LogP contribution < -0.4 is 5.73 Å². The Morgan fingerprint density at radius 1 is 1.25 bits per heavy atom. The van der Waals surface area contributed by atoms with Crippen LogP contribution >= 0.6 is 0 Å². The summed E-state index contributed by atoms with van der Waals surface area (Å²) in [4.78, 5) is 25.8. The predicted molar refractivity (Wildman–Crippen MR) is 76.0 cm³/mol. The fraction of sp³-hybridized carbons (Fsp3) is 0.467. The van der Waals surface area contributed by atoms with E-state index in [4.69, 9.17) is 5.73 Å². The second kappa shape index (κ2) is 5.63. The maximum absolute atomic E-state index is 12.7. The fourth-order valence-corrected chi connectivity index (χ4v) is 2.71. The molecule has 5 nitrogen and oxygen atoms in total. The van der Waals surface area contributed by atoms with Gasteiger partial charge in [0.2, 0.25) is 0 Å². The number of nitrogens with two attached hydrogens (primary N) is 1. The average Bonchev–Trinajstić information content (AvgIpc) is 2.40. The molecule has 1 aromatic carbocycles. The molecule has 1 aliphatic heterocycles. The molecule has 0 aliphatic carbocycles. The Hall–Kier alpha value is -1.88. The van der Waals surface area contributed by atoms with E-state index < -0.39 is 5.97 Å². The Kier molecular flexibility index (Phi) is 4.09. The molecule has 1 saturated heterocycles. The molecule has 0 radical (unpaired) electrons. The number of carboxylic acids is 1. The molecule has 1 atom stereocenters. The van der Waals surface area contributed by atoms with Gasteiger partial charge in [-0.15, -0.1) is 0 Å². The van der Waals surface area contributed by atoms with Gasteiger partial charge in [-0.25, -0.2) is 4.79 Å². The molecule has 108 valence electrons. The second-order valence-corrected chi connectivity index (χ2v) is 5.41. The van der Waals surface area contributed by atoms with E-state index in [0.717, 1.165) is 12.8 Å². The first-order valence-corrected chi connectivity index (χ1v) is 6.80. The van der Waals surface area contributed by atoms with E-state index in [-0.39, 0.29) is 17.5 Å². The van der Waals surface area contributed by atoms with Gasteiger partial charge in [0, 0.05) is 19.1 Å². The number of benzene rings is 1. The molecule has 5 heteroatoms. The monoisotopic (exact) mass is 276 g/mol. The van der Waals surface area contributed by atoms with Crippen LogP contribution in [0, 0.1) is 13.8 Å².